The SMILES string of the molecule is CCCS(=O)(=O)Nc1ccc(F)c(C(=O)Nc2cnc3n[nH]c(C4=CC=C4)c3c2)c1F. The monoisotopic (exact) mass is 445 g/mol. The van der Waals surface area contributed by atoms with Crippen LogP contribution < -0.4 is 10.0 Å². The van der Waals surface area contributed by atoms with Crippen molar-refractivity contribution >= 4 is 43.9 Å². The molecule has 0 bridgehead atoms. The second-order valence-electron chi connectivity index (χ2n) is 6.83. The summed E-state index contributed by atoms with van der Waals surface area (Å²) in [5, 5.41) is 9.96. The Kier molecular flexibility index (Phi) is 5.27. The van der Waals surface area contributed by atoms with Gasteiger partial charge >= 0.3 is 0 Å². The zero-order valence-corrected chi connectivity index (χ0v) is 17.1. The van der Waals surface area contributed by atoms with Gasteiger partial charge < -0.3 is 5.32 Å². The van der Waals surface area contributed by atoms with Gasteiger partial charge in [0.25, 0.3) is 5.91 Å². The minimum atomic E-state index is -3.82. The van der Waals surface area contributed by atoms with Gasteiger partial charge in [-0.25, -0.2) is 22.2 Å². The smallest absolute Gasteiger partial charge is 0.261 e. The maximum Gasteiger partial charge on any atom is 0.261 e. The molecule has 0 atom stereocenters. The van der Waals surface area contributed by atoms with Crippen molar-refractivity contribution in [1.29, 1.82) is 0 Å². The lowest BCUT2D eigenvalue weighted by atomic mass is 10.0. The van der Waals surface area contributed by atoms with Crippen LogP contribution in [0.15, 0.2) is 42.6 Å². The summed E-state index contributed by atoms with van der Waals surface area (Å²) in [5.74, 6) is -3.76. The van der Waals surface area contributed by atoms with Crippen LogP contribution in [0.4, 0.5) is 20.2 Å². The zero-order chi connectivity index (χ0) is 22.2. The number of hydrogen-bond donors (Lipinski definition) is 3. The van der Waals surface area contributed by atoms with Crippen LogP contribution in [-0.4, -0.2) is 35.3 Å². The molecule has 8 nitrogen and oxygen atoms in total. The van der Waals surface area contributed by atoms with Gasteiger partial charge in [-0.1, -0.05) is 25.2 Å². The summed E-state index contributed by atoms with van der Waals surface area (Å²) in [6.45, 7) is 1.65. The highest BCUT2D eigenvalue weighted by atomic mass is 32.2. The number of sulfonamides is 1. The van der Waals surface area contributed by atoms with Crippen LogP contribution in [0.5, 0.6) is 0 Å². The Bertz CT molecular complexity index is 1360. The molecule has 0 saturated heterocycles. The largest absolute Gasteiger partial charge is 0.320 e. The van der Waals surface area contributed by atoms with Gasteiger partial charge in [0.05, 0.1) is 29.0 Å². The lowest BCUT2D eigenvalue weighted by molar-refractivity contribution is 0.101. The number of allylic oxidation sites excluding steroid dienone is 4. The average molecular weight is 445 g/mol. The highest BCUT2D eigenvalue weighted by molar-refractivity contribution is 7.92. The van der Waals surface area contributed by atoms with Gasteiger partial charge in [-0.05, 0) is 24.6 Å². The summed E-state index contributed by atoms with van der Waals surface area (Å²) in [4.78, 5) is 16.8. The third kappa shape index (κ3) is 4.04. The van der Waals surface area contributed by atoms with Gasteiger partial charge in [0.15, 0.2) is 11.5 Å². The molecule has 0 spiro atoms. The molecular formula is C20H17F2N5O3S. The van der Waals surface area contributed by atoms with Gasteiger partial charge in [0.2, 0.25) is 10.0 Å². The molecule has 11 heteroatoms. The Labute approximate surface area is 176 Å². The first kappa shape index (κ1) is 20.7. The molecule has 1 aliphatic rings. The van der Waals surface area contributed by atoms with E-state index in [4.69, 9.17) is 0 Å². The number of amides is 1. The molecule has 4 rings (SSSR count). The predicted molar refractivity (Wildman–Crippen MR) is 113 cm³/mol. The summed E-state index contributed by atoms with van der Waals surface area (Å²) >= 11 is 0. The minimum absolute atomic E-state index is 0.194. The number of aromatic nitrogens is 3. The number of nitrogens with zero attached hydrogens (tertiary/aromatic N) is 2. The molecule has 0 radical (unpaired) electrons. The van der Waals surface area contributed by atoms with Gasteiger partial charge in [-0.3, -0.25) is 14.6 Å². The lowest BCUT2D eigenvalue weighted by Gasteiger charge is -2.12. The number of nitrogens with one attached hydrogen (secondary N) is 3. The van der Waals surface area contributed by atoms with E-state index in [0.29, 0.717) is 23.1 Å². The second kappa shape index (κ2) is 7.91. The summed E-state index contributed by atoms with van der Waals surface area (Å²) in [5.41, 5.74) is 0.796. The van der Waals surface area contributed by atoms with Crippen molar-refractivity contribution in [1.82, 2.24) is 15.2 Å². The van der Waals surface area contributed by atoms with E-state index in [-0.39, 0.29) is 11.4 Å². The first-order valence-corrected chi connectivity index (χ1v) is 11.0. The van der Waals surface area contributed by atoms with Gasteiger partial charge in [0.1, 0.15) is 11.4 Å². The molecule has 1 amide bonds. The number of fused-ring (bicyclic) bond motifs is 1. The number of H-pyrrole nitrogens is 1. The summed E-state index contributed by atoms with van der Waals surface area (Å²) < 4.78 is 55.0. The summed E-state index contributed by atoms with van der Waals surface area (Å²) in [6.07, 6.45) is 7.21. The molecule has 0 fully saturated rings. The molecule has 3 aromatic rings. The minimum Gasteiger partial charge on any atom is -0.320 e. The van der Waals surface area contributed by atoms with Gasteiger partial charge in [-0.2, -0.15) is 5.10 Å². The first-order chi connectivity index (χ1) is 14.8. The van der Waals surface area contributed by atoms with Crippen molar-refractivity contribution in [2.24, 2.45) is 0 Å². The lowest BCUT2D eigenvalue weighted by Crippen LogP contribution is -2.20. The van der Waals surface area contributed by atoms with E-state index in [2.05, 4.69) is 20.5 Å². The van der Waals surface area contributed by atoms with E-state index in [1.807, 2.05) is 23.0 Å². The van der Waals surface area contributed by atoms with Crippen LogP contribution in [-0.2, 0) is 10.0 Å². The molecule has 2 aromatic heterocycles. The van der Waals surface area contributed by atoms with Gasteiger partial charge in [0, 0.05) is 11.0 Å². The highest BCUT2D eigenvalue weighted by Gasteiger charge is 2.23. The Morgan fingerprint density at radius 1 is 1.26 bits per heavy atom. The standard InChI is InChI=1S/C20H17F2N5O3S/c1-2-8-31(29,30)27-15-7-6-14(21)16(17(15)22)20(28)24-12-9-13-18(11-4-3-5-11)25-26-19(13)23-10-12/h3-7,9-10,27H,2,8H2,1H3,(H,24,28)(H,23,25,26). The maximum atomic E-state index is 14.8. The molecule has 1 aliphatic carbocycles. The number of aromatic amines is 1. The Hall–Kier alpha value is -3.60. The molecular weight excluding hydrogens is 428 g/mol. The number of hydrogen-bond acceptors (Lipinski definition) is 5. The fourth-order valence-corrected chi connectivity index (χ4v) is 4.20. The van der Waals surface area contributed by atoms with Crippen molar-refractivity contribution in [3.05, 3.63) is 65.5 Å². The number of halogens is 2. The van der Waals surface area contributed by atoms with E-state index in [1.54, 1.807) is 13.0 Å². The Balaban J connectivity index is 1.63. The quantitative estimate of drug-likeness (QED) is 0.514. The van der Waals surface area contributed by atoms with Gasteiger partial charge in [-0.15, -0.1) is 0 Å². The molecule has 0 saturated carbocycles. The number of carbonyl (C=O) groups excluding carboxylic acids is 1. The van der Waals surface area contributed by atoms with E-state index in [9.17, 15) is 22.0 Å². The van der Waals surface area contributed by atoms with Crippen molar-refractivity contribution in [3.8, 4) is 0 Å². The molecule has 160 valence electrons. The predicted octanol–water partition coefficient (Wildman–Crippen LogP) is 3.59. The fourth-order valence-electron chi connectivity index (χ4n) is 3.07. The van der Waals surface area contributed by atoms with Crippen molar-refractivity contribution in [3.63, 3.8) is 0 Å². The van der Waals surface area contributed by atoms with Crippen LogP contribution >= 0.6 is 0 Å². The number of carbonyl (C=O) groups is 1. The Morgan fingerprint density at radius 2 is 2.03 bits per heavy atom. The van der Waals surface area contributed by atoms with Crippen LogP contribution in [0, 0.1) is 11.6 Å². The van der Waals surface area contributed by atoms with Crippen LogP contribution in [0.1, 0.15) is 29.4 Å². The number of benzene rings is 1. The fraction of sp³-hybridized carbons (Fsp3) is 0.150. The third-order valence-corrected chi connectivity index (χ3v) is 6.04. The van der Waals surface area contributed by atoms with Crippen molar-refractivity contribution < 1.29 is 22.0 Å². The zero-order valence-electron chi connectivity index (χ0n) is 16.2. The average Bonchev–Trinajstić information content (AvgIpc) is 3.06. The maximum absolute atomic E-state index is 14.8. The van der Waals surface area contributed by atoms with Crippen LogP contribution in [0.3, 0.4) is 0 Å². The van der Waals surface area contributed by atoms with Crippen molar-refractivity contribution in [2.75, 3.05) is 15.8 Å². The van der Waals surface area contributed by atoms with E-state index in [0.717, 1.165) is 17.7 Å². The van der Waals surface area contributed by atoms with E-state index in [1.165, 1.54) is 6.20 Å². The van der Waals surface area contributed by atoms with Crippen LogP contribution in [0.2, 0.25) is 0 Å². The van der Waals surface area contributed by atoms with Crippen LogP contribution in [0.25, 0.3) is 16.6 Å². The Morgan fingerprint density at radius 3 is 2.71 bits per heavy atom. The number of pyridine rings is 1. The summed E-state index contributed by atoms with van der Waals surface area (Å²) in [7, 11) is -3.82. The highest BCUT2D eigenvalue weighted by Crippen LogP contribution is 2.29. The number of anilines is 2. The van der Waals surface area contributed by atoms with E-state index < -0.39 is 38.8 Å². The molecule has 2 heterocycles. The third-order valence-electron chi connectivity index (χ3n) is 4.56. The normalized spacial score (nSPS) is 13.1. The first-order valence-electron chi connectivity index (χ1n) is 9.32. The molecule has 3 N–H and O–H groups in total. The molecule has 0 aliphatic heterocycles. The van der Waals surface area contributed by atoms with Crippen molar-refractivity contribution in [2.45, 2.75) is 13.3 Å². The van der Waals surface area contributed by atoms with E-state index >= 15 is 0 Å². The summed E-state index contributed by atoms with van der Waals surface area (Å²) in [6, 6.07) is 3.34. The second-order valence-corrected chi connectivity index (χ2v) is 8.68. The topological polar surface area (TPSA) is 117 Å². The molecule has 31 heavy (non-hydrogen) atoms. The number of rotatable bonds is 7. The molecule has 1 aromatic carbocycles. The molecule has 0 unspecified atom stereocenters.